The number of alkyl halides is 8. The van der Waals surface area contributed by atoms with Crippen LogP contribution < -0.4 is 19.6 Å². The van der Waals surface area contributed by atoms with Gasteiger partial charge in [0.1, 0.15) is 5.67 Å². The van der Waals surface area contributed by atoms with Crippen LogP contribution in [0.4, 0.5) is 53.5 Å². The quantitative estimate of drug-likeness (QED) is 0.0177. The van der Waals surface area contributed by atoms with Gasteiger partial charge in [0.25, 0.3) is 29.6 Å². The fraction of sp³-hybridized carbons (Fsp3) is 0.447. The van der Waals surface area contributed by atoms with Crippen molar-refractivity contribution in [3.05, 3.63) is 187 Å². The van der Waals surface area contributed by atoms with Gasteiger partial charge in [-0.2, -0.15) is 0 Å². The highest BCUT2D eigenvalue weighted by atomic mass is 35.5. The van der Waals surface area contributed by atoms with Gasteiger partial charge in [-0.25, -0.2) is 45.1 Å². The van der Waals surface area contributed by atoms with Crippen molar-refractivity contribution in [3.8, 4) is 0 Å². The molecule has 0 aromatic heterocycles. The average Bonchev–Trinajstić information content (AvgIpc) is 1.37. The lowest BCUT2D eigenvalue weighted by Gasteiger charge is -2.48. The van der Waals surface area contributed by atoms with E-state index in [1.165, 1.54) is 18.2 Å². The third-order valence-corrected chi connectivity index (χ3v) is 21.2. The van der Waals surface area contributed by atoms with Gasteiger partial charge in [0.05, 0.1) is 82.3 Å². The second-order valence-electron chi connectivity index (χ2n) is 29.1. The van der Waals surface area contributed by atoms with E-state index in [9.17, 15) is 59.5 Å². The summed E-state index contributed by atoms with van der Waals surface area (Å²) in [6.45, 7) is 9.64. The van der Waals surface area contributed by atoms with Crippen LogP contribution in [0.25, 0.3) is 0 Å². The van der Waals surface area contributed by atoms with Crippen LogP contribution in [0.3, 0.4) is 0 Å². The molecule has 1 unspecified atom stereocenters. The zero-order chi connectivity index (χ0) is 70.9. The third-order valence-electron chi connectivity index (χ3n) is 21.0. The number of imide groups is 1. The number of anilines is 4. The highest BCUT2D eigenvalue weighted by Gasteiger charge is 2.59. The number of ketones is 1. The molecule has 1 atom stereocenters. The van der Waals surface area contributed by atoms with E-state index in [1.54, 1.807) is 76.2 Å². The summed E-state index contributed by atoms with van der Waals surface area (Å²) < 4.78 is 122. The van der Waals surface area contributed by atoms with Gasteiger partial charge in [-0.3, -0.25) is 14.4 Å². The zero-order valence-corrected chi connectivity index (χ0v) is 56.7. The summed E-state index contributed by atoms with van der Waals surface area (Å²) in [4.78, 5) is 90.2. The first-order valence-electron chi connectivity index (χ1n) is 33.9. The first-order valence-corrected chi connectivity index (χ1v) is 34.4. The van der Waals surface area contributed by atoms with Crippen molar-refractivity contribution in [1.29, 1.82) is 0 Å². The van der Waals surface area contributed by atoms with E-state index in [4.69, 9.17) is 35.4 Å². The Morgan fingerprint density at radius 2 is 0.800 bits per heavy atom. The normalized spacial score (nSPS) is 21.8. The van der Waals surface area contributed by atoms with Crippen molar-refractivity contribution in [1.82, 2.24) is 5.06 Å². The molecule has 15 rings (SSSR count). The predicted octanol–water partition coefficient (Wildman–Crippen LogP) is 13.5. The minimum Gasteiger partial charge on any atom is -0.441 e. The van der Waals surface area contributed by atoms with E-state index in [1.807, 2.05) is 55.1 Å². The van der Waals surface area contributed by atoms with E-state index >= 15 is 0 Å². The lowest BCUT2D eigenvalue weighted by molar-refractivity contribution is -0.172. The number of amides is 2. The Hall–Kier alpha value is -8.54. The molecule has 0 radical (unpaired) electrons. The molecule has 7 aliphatic heterocycles. The van der Waals surface area contributed by atoms with E-state index in [0.29, 0.717) is 105 Å². The second kappa shape index (κ2) is 24.9. The van der Waals surface area contributed by atoms with Gasteiger partial charge in [0, 0.05) is 111 Å². The first-order chi connectivity index (χ1) is 47.3. The summed E-state index contributed by atoms with van der Waals surface area (Å²) >= 11 is 5.71. The van der Waals surface area contributed by atoms with Crippen LogP contribution in [0.5, 0.6) is 0 Å². The number of hydrogen-bond donors (Lipinski definition) is 0. The van der Waals surface area contributed by atoms with Gasteiger partial charge >= 0.3 is 17.9 Å². The van der Waals surface area contributed by atoms with Gasteiger partial charge in [-0.1, -0.05) is 70.9 Å². The largest absolute Gasteiger partial charge is 0.441 e. The van der Waals surface area contributed by atoms with Crippen molar-refractivity contribution in [3.63, 3.8) is 0 Å². The van der Waals surface area contributed by atoms with Crippen molar-refractivity contribution in [2.75, 3.05) is 104 Å². The third kappa shape index (κ3) is 11.9. The molecule has 0 bridgehead atoms. The maximum absolute atomic E-state index is 14.6. The zero-order valence-electron chi connectivity index (χ0n) is 56.0. The molecule has 100 heavy (non-hydrogen) atoms. The SMILES string of the molecule is CC1(C)c2cc(N3CC(F)(F)C3)ccc2C2(OC(=O)c3ccc(C(=O)ON4C(=O)CCC4=O)cc32)c2ccc(N3CC(F)(F)C3)cc21.CC1(F)CN(c2ccc3c(c2)C(C)(C)c2cc(N4CC(F)(F)C4)ccc2C32OC(=O)c3ccc(C(=O)CCCOCCOCCCCCCCl)cc32)C1. The average molecular weight is 1400 g/mol. The lowest BCUT2D eigenvalue weighted by Crippen LogP contribution is -2.57. The number of ether oxygens (including phenoxy) is 4. The highest BCUT2D eigenvalue weighted by molar-refractivity contribution is 6.17. The number of halogens is 8. The Kier molecular flexibility index (Phi) is 17.1. The molecular weight excluding hydrogens is 1330 g/mol. The van der Waals surface area contributed by atoms with E-state index in [-0.39, 0.29) is 62.4 Å². The number of carbonyl (C=O) groups excluding carboxylic acids is 6. The summed E-state index contributed by atoms with van der Waals surface area (Å²) in [6, 6.07) is 31.2. The molecule has 24 heteroatoms. The number of Topliss-reactive ketones (excluding diaryl/α,β-unsaturated/α-hetero) is 1. The van der Waals surface area contributed by atoms with Crippen molar-refractivity contribution in [2.45, 2.75) is 131 Å². The highest BCUT2D eigenvalue weighted by Crippen LogP contribution is 2.61. The maximum atomic E-state index is 14.6. The summed E-state index contributed by atoms with van der Waals surface area (Å²) in [6.07, 6.45) is 4.86. The maximum Gasteiger partial charge on any atom is 0.363 e. The number of fused-ring (bicyclic) bond motifs is 12. The van der Waals surface area contributed by atoms with E-state index < -0.39 is 101 Å². The number of hydrogen-bond acceptors (Lipinski definition) is 15. The molecule has 6 aromatic rings. The lowest BCUT2D eigenvalue weighted by atomic mass is 9.61. The van der Waals surface area contributed by atoms with E-state index in [2.05, 4.69) is 13.8 Å². The van der Waals surface area contributed by atoms with Crippen LogP contribution in [0.2, 0.25) is 0 Å². The molecule has 0 saturated carbocycles. The molecule has 2 aliphatic carbocycles. The second-order valence-corrected chi connectivity index (χ2v) is 29.4. The van der Waals surface area contributed by atoms with E-state index in [0.717, 1.165) is 53.6 Å². The van der Waals surface area contributed by atoms with Crippen LogP contribution >= 0.6 is 11.6 Å². The van der Waals surface area contributed by atoms with Crippen molar-refractivity contribution in [2.24, 2.45) is 0 Å². The molecule has 5 fully saturated rings. The van der Waals surface area contributed by atoms with Gasteiger partial charge in [0.2, 0.25) is 0 Å². The van der Waals surface area contributed by atoms with Crippen LogP contribution in [0.1, 0.15) is 183 Å². The Labute approximate surface area is 578 Å². The van der Waals surface area contributed by atoms with Gasteiger partial charge in [0.15, 0.2) is 17.0 Å². The molecule has 5 saturated heterocycles. The summed E-state index contributed by atoms with van der Waals surface area (Å²) in [5, 5.41) is 0.433. The number of unbranched alkanes of at least 4 members (excludes halogenated alkanes) is 3. The van der Waals surface area contributed by atoms with Crippen molar-refractivity contribution >= 4 is 69.9 Å². The minimum atomic E-state index is -2.82. The molecule has 526 valence electrons. The van der Waals surface area contributed by atoms with Crippen LogP contribution in [0, 0.1) is 0 Å². The molecule has 6 aromatic carbocycles. The number of hydroxylamine groups is 2. The Balaban J connectivity index is 0.000000171. The fourth-order valence-corrected chi connectivity index (χ4v) is 15.9. The topological polar surface area (TPSA) is 165 Å². The van der Waals surface area contributed by atoms with Crippen LogP contribution in [-0.4, -0.2) is 149 Å². The number of benzene rings is 6. The molecule has 9 aliphatic rings. The molecule has 0 N–H and O–H groups in total. The minimum absolute atomic E-state index is 0.0549. The van der Waals surface area contributed by atoms with Gasteiger partial charge in [-0.05, 0) is 127 Å². The standard InChI is InChI=1S/C42H48ClF3N2O5.C34H27F4N3O6/c1-39(2)35-22-29(47-24-40(3,44)25-47)11-14-32(35)42(33-15-12-30(23-36(33)39)48-26-41(45,46)27-48)34-21-28(10-13-31(34)38(50)53-42)37(49)9-8-18-52-20-19-51-17-7-5-4-6-16-43;1-31(2)25-12-19(39-14-32(35,36)15-39)4-7-22(25)34(23-8-5-20(13-26(23)31)40-16-33(37,38)17-40)24-11-18(3-6-21(24)30(45)46-34)29(44)47-41-27(42)9-10-28(41)43/h10-15,21-23H,4-9,16-20,24-27H2,1-3H3;3-8,11-13H,9-10,14-17H2,1-2H3. The smallest absolute Gasteiger partial charge is 0.363 e. The van der Waals surface area contributed by atoms with Crippen molar-refractivity contribution < 1.29 is 83.3 Å². The van der Waals surface area contributed by atoms with Gasteiger partial charge in [-0.15, -0.1) is 16.7 Å². The Morgan fingerprint density at radius 1 is 0.430 bits per heavy atom. The molecular formula is C76H75ClF7N5O11. The first kappa shape index (κ1) is 68.6. The molecule has 7 heterocycles. The monoisotopic (exact) mass is 1400 g/mol. The predicted molar refractivity (Wildman–Crippen MR) is 358 cm³/mol. The number of carbonyl (C=O) groups is 6. The molecule has 2 amide bonds. The Bertz CT molecular complexity index is 4190. The Morgan fingerprint density at radius 3 is 1.19 bits per heavy atom. The number of rotatable bonds is 20. The summed E-state index contributed by atoms with van der Waals surface area (Å²) in [7, 11) is 0. The van der Waals surface area contributed by atoms with Gasteiger partial charge < -0.3 is 43.4 Å². The molecule has 2 spiro atoms. The number of nitrogens with zero attached hydrogens (tertiary/aromatic N) is 5. The summed E-state index contributed by atoms with van der Waals surface area (Å²) in [5.41, 5.74) is 4.25. The number of esters is 2. The fourth-order valence-electron chi connectivity index (χ4n) is 15.7. The van der Waals surface area contributed by atoms with Crippen LogP contribution in [-0.2, 0) is 55.4 Å². The van der Waals surface area contributed by atoms with Crippen LogP contribution in [0.15, 0.2) is 109 Å². The molecule has 16 nitrogen and oxygen atoms in total. The summed E-state index contributed by atoms with van der Waals surface area (Å²) in [5.74, 6) is -11.2.